The highest BCUT2D eigenvalue weighted by molar-refractivity contribution is 7.10. The highest BCUT2D eigenvalue weighted by Crippen LogP contribution is 2.41. The lowest BCUT2D eigenvalue weighted by Crippen LogP contribution is -2.27. The molecule has 3 rings (SSSR count). The minimum atomic E-state index is -0.550. The summed E-state index contributed by atoms with van der Waals surface area (Å²) in [6.45, 7) is 1.67. The topological polar surface area (TPSA) is 88.1 Å². The van der Waals surface area contributed by atoms with E-state index in [1.165, 1.54) is 11.3 Å². The van der Waals surface area contributed by atoms with Crippen molar-refractivity contribution < 1.29 is 9.53 Å². The number of benzene rings is 1. The molecule has 5 nitrogen and oxygen atoms in total. The van der Waals surface area contributed by atoms with Gasteiger partial charge >= 0.3 is 0 Å². The van der Waals surface area contributed by atoms with E-state index in [4.69, 9.17) is 22.1 Å². The quantitative estimate of drug-likeness (QED) is 0.849. The van der Waals surface area contributed by atoms with Gasteiger partial charge in [-0.1, -0.05) is 17.7 Å². The van der Waals surface area contributed by atoms with Gasteiger partial charge in [0.15, 0.2) is 0 Å². The second-order valence-electron chi connectivity index (χ2n) is 5.37. The van der Waals surface area contributed by atoms with Crippen LogP contribution >= 0.6 is 22.9 Å². The number of nitrogens with one attached hydrogen (secondary N) is 1. The molecule has 126 valence electrons. The summed E-state index contributed by atoms with van der Waals surface area (Å²) in [5, 5.41) is 14.8. The Labute approximate surface area is 154 Å². The van der Waals surface area contributed by atoms with E-state index in [0.29, 0.717) is 22.0 Å². The molecule has 0 saturated heterocycles. The Balaban J connectivity index is 1.99. The second kappa shape index (κ2) is 7.01. The zero-order chi connectivity index (χ0) is 18.0. The van der Waals surface area contributed by atoms with Crippen molar-refractivity contribution in [3.05, 3.63) is 74.5 Å². The lowest BCUT2D eigenvalue weighted by molar-refractivity contribution is -0.113. The van der Waals surface area contributed by atoms with Crippen molar-refractivity contribution in [2.45, 2.75) is 12.8 Å². The van der Waals surface area contributed by atoms with E-state index >= 15 is 0 Å². The third kappa shape index (κ3) is 3.38. The minimum Gasteiger partial charge on any atom is -0.445 e. The third-order valence-corrected chi connectivity index (χ3v) is 4.97. The maximum Gasteiger partial charge on any atom is 0.256 e. The zero-order valence-electron chi connectivity index (χ0n) is 13.2. The van der Waals surface area contributed by atoms with Crippen LogP contribution in [0.5, 0.6) is 0 Å². The van der Waals surface area contributed by atoms with Crippen molar-refractivity contribution in [1.29, 1.82) is 5.26 Å². The van der Waals surface area contributed by atoms with Crippen LogP contribution in [0.1, 0.15) is 17.7 Å². The average Bonchev–Trinajstić information content (AvgIpc) is 3.10. The van der Waals surface area contributed by atoms with Gasteiger partial charge < -0.3 is 15.8 Å². The molecule has 2 aromatic rings. The van der Waals surface area contributed by atoms with Gasteiger partial charge in [-0.05, 0) is 42.6 Å². The van der Waals surface area contributed by atoms with Gasteiger partial charge in [0.2, 0.25) is 5.88 Å². The molecule has 0 spiro atoms. The Morgan fingerprint density at radius 3 is 2.68 bits per heavy atom. The Bertz CT molecular complexity index is 909. The zero-order valence-corrected chi connectivity index (χ0v) is 14.8. The Kier molecular flexibility index (Phi) is 4.79. The van der Waals surface area contributed by atoms with Gasteiger partial charge in [-0.15, -0.1) is 11.3 Å². The van der Waals surface area contributed by atoms with E-state index in [1.54, 1.807) is 31.2 Å². The van der Waals surface area contributed by atoms with Crippen LogP contribution in [0.25, 0.3) is 0 Å². The lowest BCUT2D eigenvalue weighted by atomic mass is 9.87. The molecule has 2 heterocycles. The number of nitrogens with zero attached hydrogens (tertiary/aromatic N) is 1. The largest absolute Gasteiger partial charge is 0.445 e. The number of nitriles is 1. The van der Waals surface area contributed by atoms with E-state index in [9.17, 15) is 10.1 Å². The molecular weight excluding hydrogens is 358 g/mol. The molecule has 3 N–H and O–H groups in total. The van der Waals surface area contributed by atoms with E-state index in [2.05, 4.69) is 11.4 Å². The summed E-state index contributed by atoms with van der Waals surface area (Å²) in [5.74, 6) is -0.493. The normalized spacial score (nSPS) is 17.1. The molecule has 1 aromatic heterocycles. The molecule has 25 heavy (non-hydrogen) atoms. The number of thiophene rings is 1. The van der Waals surface area contributed by atoms with Crippen molar-refractivity contribution in [3.8, 4) is 6.07 Å². The first-order valence-electron chi connectivity index (χ1n) is 7.40. The van der Waals surface area contributed by atoms with E-state index in [-0.39, 0.29) is 17.4 Å². The highest BCUT2D eigenvalue weighted by Gasteiger charge is 2.36. The van der Waals surface area contributed by atoms with Crippen molar-refractivity contribution >= 4 is 34.5 Å². The number of hydrogen-bond acceptors (Lipinski definition) is 5. The number of halogens is 1. The fraction of sp³-hybridized carbons (Fsp3) is 0.111. The van der Waals surface area contributed by atoms with Crippen LogP contribution in [0.3, 0.4) is 0 Å². The van der Waals surface area contributed by atoms with Crippen LogP contribution < -0.4 is 11.1 Å². The molecular formula is C18H14ClN3O2S. The molecule has 0 fully saturated rings. The van der Waals surface area contributed by atoms with Crippen molar-refractivity contribution in [2.24, 2.45) is 5.73 Å². The molecule has 0 unspecified atom stereocenters. The Morgan fingerprint density at radius 1 is 1.36 bits per heavy atom. The maximum atomic E-state index is 12.9. The summed E-state index contributed by atoms with van der Waals surface area (Å²) in [5.41, 5.74) is 7.06. The first-order chi connectivity index (χ1) is 12.0. The van der Waals surface area contributed by atoms with Gasteiger partial charge in [0.25, 0.3) is 5.91 Å². The number of carbonyl (C=O) groups is 1. The van der Waals surface area contributed by atoms with Crippen LogP contribution in [-0.2, 0) is 9.53 Å². The predicted molar refractivity (Wildman–Crippen MR) is 97.8 cm³/mol. The van der Waals surface area contributed by atoms with Crippen LogP contribution in [0, 0.1) is 11.3 Å². The molecule has 1 amide bonds. The molecule has 1 aliphatic heterocycles. The smallest absolute Gasteiger partial charge is 0.256 e. The molecule has 0 bridgehead atoms. The molecule has 0 aliphatic carbocycles. The fourth-order valence-corrected chi connectivity index (χ4v) is 3.62. The maximum absolute atomic E-state index is 12.9. The van der Waals surface area contributed by atoms with Crippen LogP contribution in [-0.4, -0.2) is 5.91 Å². The minimum absolute atomic E-state index is 0.0291. The molecule has 0 radical (unpaired) electrons. The molecule has 1 atom stereocenters. The molecule has 7 heteroatoms. The number of nitrogens with two attached hydrogens (primary N) is 1. The number of allylic oxidation sites excluding steroid dienone is 2. The molecule has 1 aromatic carbocycles. The first-order valence-corrected chi connectivity index (χ1v) is 8.65. The summed E-state index contributed by atoms with van der Waals surface area (Å²) >= 11 is 7.32. The number of rotatable bonds is 3. The van der Waals surface area contributed by atoms with Crippen LogP contribution in [0.4, 0.5) is 5.69 Å². The SMILES string of the molecule is CC1=C(C(=O)Nc2ccc(Cl)cc2)[C@@H](c2cccs2)C(C#N)=C(N)O1. The Hall–Kier alpha value is -2.75. The number of ether oxygens (including phenoxy) is 1. The fourth-order valence-electron chi connectivity index (χ4n) is 2.65. The van der Waals surface area contributed by atoms with Crippen molar-refractivity contribution in [2.75, 3.05) is 5.32 Å². The first kappa shape index (κ1) is 17.1. The van der Waals surface area contributed by atoms with Gasteiger partial charge in [-0.2, -0.15) is 5.26 Å². The summed E-state index contributed by atoms with van der Waals surface area (Å²) in [7, 11) is 0. The van der Waals surface area contributed by atoms with Crippen LogP contribution in [0.2, 0.25) is 5.02 Å². The summed E-state index contributed by atoms with van der Waals surface area (Å²) < 4.78 is 5.45. The van der Waals surface area contributed by atoms with E-state index < -0.39 is 5.92 Å². The summed E-state index contributed by atoms with van der Waals surface area (Å²) in [6.07, 6.45) is 0. The standard InChI is InChI=1S/C18H14ClN3O2S/c1-10-15(18(23)22-12-6-4-11(19)5-7-12)16(14-3-2-8-25-14)13(9-20)17(21)24-10/h2-8,16H,21H2,1H3,(H,22,23)/t16-/m1/s1. The highest BCUT2D eigenvalue weighted by atomic mass is 35.5. The predicted octanol–water partition coefficient (Wildman–Crippen LogP) is 4.12. The van der Waals surface area contributed by atoms with Crippen molar-refractivity contribution in [1.82, 2.24) is 0 Å². The van der Waals surface area contributed by atoms with Gasteiger partial charge in [-0.3, -0.25) is 4.79 Å². The van der Waals surface area contributed by atoms with Gasteiger partial charge in [0, 0.05) is 15.6 Å². The van der Waals surface area contributed by atoms with E-state index in [0.717, 1.165) is 4.88 Å². The van der Waals surface area contributed by atoms with E-state index in [1.807, 2.05) is 17.5 Å². The molecule has 1 aliphatic rings. The number of amides is 1. The molecule has 0 saturated carbocycles. The summed E-state index contributed by atoms with van der Waals surface area (Å²) in [4.78, 5) is 13.7. The monoisotopic (exact) mass is 371 g/mol. The van der Waals surface area contributed by atoms with Gasteiger partial charge in [-0.25, -0.2) is 0 Å². The van der Waals surface area contributed by atoms with Gasteiger partial charge in [0.1, 0.15) is 17.4 Å². The second-order valence-corrected chi connectivity index (χ2v) is 6.79. The lowest BCUT2D eigenvalue weighted by Gasteiger charge is -2.26. The Morgan fingerprint density at radius 2 is 2.08 bits per heavy atom. The van der Waals surface area contributed by atoms with Crippen LogP contribution in [0.15, 0.2) is 64.6 Å². The number of hydrogen-bond donors (Lipinski definition) is 2. The van der Waals surface area contributed by atoms with Gasteiger partial charge in [0.05, 0.1) is 11.5 Å². The number of carbonyl (C=O) groups excluding carboxylic acids is 1. The third-order valence-electron chi connectivity index (χ3n) is 3.78. The summed E-state index contributed by atoms with van der Waals surface area (Å²) in [6, 6.07) is 12.6. The average molecular weight is 372 g/mol. The van der Waals surface area contributed by atoms with Crippen molar-refractivity contribution in [3.63, 3.8) is 0 Å². The number of anilines is 1.